The van der Waals surface area contributed by atoms with E-state index < -0.39 is 0 Å². The molecule has 3 aromatic rings. The van der Waals surface area contributed by atoms with Gasteiger partial charge < -0.3 is 14.5 Å². The maximum atomic E-state index is 13.4. The average molecular weight is 481 g/mol. The number of likely N-dealkylation sites (N-methyl/N-ethyl adjacent to an activating group) is 1. The molecular weight excluding hydrogens is 452 g/mol. The molecule has 0 radical (unpaired) electrons. The van der Waals surface area contributed by atoms with Gasteiger partial charge in [-0.05, 0) is 37.7 Å². The Kier molecular flexibility index (Phi) is 7.64. The molecular formula is C25H28N4O4S. The van der Waals surface area contributed by atoms with Gasteiger partial charge in [0.15, 0.2) is 5.16 Å². The fourth-order valence-corrected chi connectivity index (χ4v) is 4.66. The summed E-state index contributed by atoms with van der Waals surface area (Å²) in [5, 5.41) is 0.852. The first kappa shape index (κ1) is 24.0. The number of hydrogen-bond acceptors (Lipinski definition) is 7. The van der Waals surface area contributed by atoms with Crippen molar-refractivity contribution in [1.82, 2.24) is 19.4 Å². The SMILES string of the molecule is CCOC(=O)CSc1nc2cc(C(=O)N3CCN(C)CC3)ccc2c(=O)n1Cc1ccccc1. The first-order chi connectivity index (χ1) is 16.5. The first-order valence-corrected chi connectivity index (χ1v) is 12.3. The summed E-state index contributed by atoms with van der Waals surface area (Å²) in [5.41, 5.74) is 1.69. The summed E-state index contributed by atoms with van der Waals surface area (Å²) in [6, 6.07) is 14.7. The Labute approximate surface area is 202 Å². The third kappa shape index (κ3) is 5.48. The quantitative estimate of drug-likeness (QED) is 0.292. The highest BCUT2D eigenvalue weighted by Crippen LogP contribution is 2.21. The molecule has 9 heteroatoms. The maximum Gasteiger partial charge on any atom is 0.316 e. The van der Waals surface area contributed by atoms with Crippen LogP contribution in [0.2, 0.25) is 0 Å². The largest absolute Gasteiger partial charge is 0.465 e. The predicted octanol–water partition coefficient (Wildman–Crippen LogP) is 2.49. The third-order valence-electron chi connectivity index (χ3n) is 5.77. The number of rotatable bonds is 7. The summed E-state index contributed by atoms with van der Waals surface area (Å²) in [4.78, 5) is 47.2. The van der Waals surface area contributed by atoms with Crippen LogP contribution in [-0.4, -0.2) is 76.8 Å². The van der Waals surface area contributed by atoms with E-state index in [0.717, 1.165) is 30.4 Å². The Bertz CT molecular complexity index is 1240. The number of aromatic nitrogens is 2. The van der Waals surface area contributed by atoms with Gasteiger partial charge in [-0.15, -0.1) is 0 Å². The second kappa shape index (κ2) is 10.8. The van der Waals surface area contributed by atoms with E-state index in [1.54, 1.807) is 29.7 Å². The van der Waals surface area contributed by atoms with E-state index in [2.05, 4.69) is 4.90 Å². The van der Waals surface area contributed by atoms with Gasteiger partial charge in [0.05, 0.1) is 29.8 Å². The molecule has 2 aromatic carbocycles. The van der Waals surface area contributed by atoms with Crippen LogP contribution in [-0.2, 0) is 16.1 Å². The number of fused-ring (bicyclic) bond motifs is 1. The summed E-state index contributed by atoms with van der Waals surface area (Å²) in [5.74, 6) is -0.390. The van der Waals surface area contributed by atoms with Gasteiger partial charge >= 0.3 is 5.97 Å². The molecule has 0 N–H and O–H groups in total. The maximum absolute atomic E-state index is 13.4. The predicted molar refractivity (Wildman–Crippen MR) is 132 cm³/mol. The lowest BCUT2D eigenvalue weighted by Gasteiger charge is -2.32. The topological polar surface area (TPSA) is 84.7 Å². The molecule has 0 aliphatic carbocycles. The summed E-state index contributed by atoms with van der Waals surface area (Å²) < 4.78 is 6.61. The smallest absolute Gasteiger partial charge is 0.316 e. The molecule has 1 aromatic heterocycles. The lowest BCUT2D eigenvalue weighted by atomic mass is 10.1. The number of piperazine rings is 1. The van der Waals surface area contributed by atoms with E-state index in [-0.39, 0.29) is 23.2 Å². The van der Waals surface area contributed by atoms with Gasteiger partial charge in [0.1, 0.15) is 0 Å². The Balaban J connectivity index is 1.70. The van der Waals surface area contributed by atoms with Gasteiger partial charge in [0, 0.05) is 31.7 Å². The second-order valence-electron chi connectivity index (χ2n) is 8.19. The van der Waals surface area contributed by atoms with E-state index in [1.807, 2.05) is 42.3 Å². The second-order valence-corrected chi connectivity index (χ2v) is 9.13. The molecule has 0 atom stereocenters. The molecule has 1 saturated heterocycles. The van der Waals surface area contributed by atoms with Gasteiger partial charge in [0.2, 0.25) is 0 Å². The van der Waals surface area contributed by atoms with Gasteiger partial charge in [0.25, 0.3) is 11.5 Å². The minimum atomic E-state index is -0.368. The van der Waals surface area contributed by atoms with Crippen molar-refractivity contribution in [3.05, 3.63) is 70.0 Å². The van der Waals surface area contributed by atoms with E-state index in [4.69, 9.17) is 9.72 Å². The highest BCUT2D eigenvalue weighted by atomic mass is 32.2. The number of thioether (sulfide) groups is 1. The van der Waals surface area contributed by atoms with Crippen LogP contribution < -0.4 is 5.56 Å². The highest BCUT2D eigenvalue weighted by molar-refractivity contribution is 7.99. The van der Waals surface area contributed by atoms with Crippen molar-refractivity contribution in [3.63, 3.8) is 0 Å². The van der Waals surface area contributed by atoms with Crippen LogP contribution in [0.3, 0.4) is 0 Å². The molecule has 178 valence electrons. The molecule has 1 amide bonds. The zero-order chi connectivity index (χ0) is 24.1. The zero-order valence-corrected chi connectivity index (χ0v) is 20.2. The van der Waals surface area contributed by atoms with Gasteiger partial charge in [-0.1, -0.05) is 42.1 Å². The minimum Gasteiger partial charge on any atom is -0.465 e. The van der Waals surface area contributed by atoms with Crippen molar-refractivity contribution in [3.8, 4) is 0 Å². The molecule has 2 heterocycles. The van der Waals surface area contributed by atoms with Crippen LogP contribution in [0.4, 0.5) is 0 Å². The van der Waals surface area contributed by atoms with E-state index in [9.17, 15) is 14.4 Å². The highest BCUT2D eigenvalue weighted by Gasteiger charge is 2.22. The van der Waals surface area contributed by atoms with E-state index in [1.165, 1.54) is 0 Å². The lowest BCUT2D eigenvalue weighted by Crippen LogP contribution is -2.47. The molecule has 0 spiro atoms. The number of ether oxygens (including phenoxy) is 1. The minimum absolute atomic E-state index is 0.0422. The van der Waals surface area contributed by atoms with Crippen molar-refractivity contribution in [2.75, 3.05) is 45.6 Å². The number of amides is 1. The Hall–Kier alpha value is -3.17. The summed E-state index contributed by atoms with van der Waals surface area (Å²) >= 11 is 1.16. The van der Waals surface area contributed by atoms with Crippen LogP contribution in [0.1, 0.15) is 22.8 Å². The molecule has 1 aliphatic rings. The Morgan fingerprint density at radius 1 is 1.06 bits per heavy atom. The number of hydrogen-bond donors (Lipinski definition) is 0. The molecule has 0 unspecified atom stereocenters. The van der Waals surface area contributed by atoms with Crippen molar-refractivity contribution >= 4 is 34.5 Å². The monoisotopic (exact) mass is 480 g/mol. The van der Waals surface area contributed by atoms with Crippen LogP contribution in [0.5, 0.6) is 0 Å². The number of carbonyl (C=O) groups is 2. The third-order valence-corrected chi connectivity index (χ3v) is 6.72. The van der Waals surface area contributed by atoms with Crippen molar-refractivity contribution in [1.29, 1.82) is 0 Å². The van der Waals surface area contributed by atoms with Crippen LogP contribution in [0.25, 0.3) is 10.9 Å². The fraction of sp³-hybridized carbons (Fsp3) is 0.360. The molecule has 0 saturated carbocycles. The van der Waals surface area contributed by atoms with Gasteiger partial charge in [-0.3, -0.25) is 19.0 Å². The normalized spacial score (nSPS) is 14.4. The van der Waals surface area contributed by atoms with Gasteiger partial charge in [-0.25, -0.2) is 4.98 Å². The average Bonchev–Trinajstić information content (AvgIpc) is 2.85. The van der Waals surface area contributed by atoms with Crippen LogP contribution in [0.15, 0.2) is 58.5 Å². The van der Waals surface area contributed by atoms with Crippen molar-refractivity contribution in [2.24, 2.45) is 0 Å². The summed E-state index contributed by atoms with van der Waals surface area (Å²) in [7, 11) is 2.04. The van der Waals surface area contributed by atoms with Crippen molar-refractivity contribution in [2.45, 2.75) is 18.6 Å². The Morgan fingerprint density at radius 2 is 1.79 bits per heavy atom. The van der Waals surface area contributed by atoms with Crippen LogP contribution in [0, 0.1) is 0 Å². The fourth-order valence-electron chi connectivity index (χ4n) is 3.87. The number of esters is 1. The summed E-state index contributed by atoms with van der Waals surface area (Å²) in [6.45, 7) is 5.36. The first-order valence-electron chi connectivity index (χ1n) is 11.3. The number of nitrogens with zero attached hydrogens (tertiary/aromatic N) is 4. The van der Waals surface area contributed by atoms with Crippen molar-refractivity contribution < 1.29 is 14.3 Å². The standard InChI is InChI=1S/C25H28N4O4S/c1-3-33-22(30)17-34-25-26-21-15-19(23(31)28-13-11-27(2)12-14-28)9-10-20(21)24(32)29(25)16-18-7-5-4-6-8-18/h4-10,15H,3,11-14,16-17H2,1-2H3. The van der Waals surface area contributed by atoms with E-state index in [0.29, 0.717) is 47.9 Å². The lowest BCUT2D eigenvalue weighted by molar-refractivity contribution is -0.139. The number of benzene rings is 2. The molecule has 8 nitrogen and oxygen atoms in total. The number of carbonyl (C=O) groups excluding carboxylic acids is 2. The molecule has 0 bridgehead atoms. The molecule has 4 rings (SSSR count). The summed E-state index contributed by atoms with van der Waals surface area (Å²) in [6.07, 6.45) is 0. The van der Waals surface area contributed by atoms with Crippen LogP contribution >= 0.6 is 11.8 Å². The Morgan fingerprint density at radius 3 is 2.50 bits per heavy atom. The van der Waals surface area contributed by atoms with Gasteiger partial charge in [-0.2, -0.15) is 0 Å². The molecule has 34 heavy (non-hydrogen) atoms. The molecule has 1 fully saturated rings. The zero-order valence-electron chi connectivity index (χ0n) is 19.4. The molecule has 1 aliphatic heterocycles. The van der Waals surface area contributed by atoms with E-state index >= 15 is 0 Å².